The molecule has 0 unspecified atom stereocenters. The summed E-state index contributed by atoms with van der Waals surface area (Å²) < 4.78 is 52.5. The maximum Gasteiger partial charge on any atom is 0.274 e. The number of hydrogen-bond acceptors (Lipinski definition) is 3. The highest BCUT2D eigenvalue weighted by Gasteiger charge is 2.11. The summed E-state index contributed by atoms with van der Waals surface area (Å²) in [6.45, 7) is 0. The average molecular weight is 361 g/mol. The van der Waals surface area contributed by atoms with Crippen LogP contribution in [0.5, 0.6) is 0 Å². The van der Waals surface area contributed by atoms with Gasteiger partial charge in [-0.15, -0.1) is 0 Å². The molecule has 0 saturated carbocycles. The van der Waals surface area contributed by atoms with Crippen molar-refractivity contribution in [2.45, 2.75) is 0 Å². The minimum atomic E-state index is -1.000. The normalized spacial score (nSPS) is 10.5. The Balaban J connectivity index is 1.70. The van der Waals surface area contributed by atoms with Crippen LogP contribution < -0.4 is 10.6 Å². The van der Waals surface area contributed by atoms with Crippen molar-refractivity contribution < 1.29 is 22.4 Å². The van der Waals surface area contributed by atoms with Crippen molar-refractivity contribution in [2.24, 2.45) is 0 Å². The number of benzene rings is 2. The zero-order chi connectivity index (χ0) is 18.7. The van der Waals surface area contributed by atoms with Crippen molar-refractivity contribution in [1.82, 2.24) is 4.98 Å². The molecule has 3 aromatic rings. The monoisotopic (exact) mass is 361 g/mol. The van der Waals surface area contributed by atoms with Gasteiger partial charge in [0.05, 0.1) is 17.6 Å². The molecule has 3 rings (SSSR count). The molecule has 8 heteroatoms. The van der Waals surface area contributed by atoms with Gasteiger partial charge in [0.2, 0.25) is 0 Å². The standard InChI is InChI=1S/C18H11F4N3O/c19-10-1-5-16(15(22)7-10)25-18(26)17-6-3-12(9-23-17)24-11-2-4-13(20)14(21)8-11/h1-9,24H,(H,25,26). The van der Waals surface area contributed by atoms with Crippen molar-refractivity contribution in [1.29, 1.82) is 0 Å². The summed E-state index contributed by atoms with van der Waals surface area (Å²) in [6, 6.07) is 8.91. The minimum absolute atomic E-state index is 0.00967. The van der Waals surface area contributed by atoms with E-state index in [4.69, 9.17) is 0 Å². The van der Waals surface area contributed by atoms with E-state index in [2.05, 4.69) is 15.6 Å². The van der Waals surface area contributed by atoms with Gasteiger partial charge in [-0.3, -0.25) is 4.79 Å². The van der Waals surface area contributed by atoms with Crippen LogP contribution in [0.4, 0.5) is 34.6 Å². The molecule has 0 aliphatic heterocycles. The van der Waals surface area contributed by atoms with Crippen molar-refractivity contribution in [2.75, 3.05) is 10.6 Å². The number of aromatic nitrogens is 1. The Kier molecular flexibility index (Phi) is 4.83. The molecule has 4 nitrogen and oxygen atoms in total. The highest BCUT2D eigenvalue weighted by Crippen LogP contribution is 2.19. The number of nitrogens with zero attached hydrogens (tertiary/aromatic N) is 1. The molecule has 0 radical (unpaired) electrons. The quantitative estimate of drug-likeness (QED) is 0.666. The average Bonchev–Trinajstić information content (AvgIpc) is 2.61. The third-order valence-corrected chi connectivity index (χ3v) is 3.38. The van der Waals surface area contributed by atoms with E-state index in [0.717, 1.165) is 24.3 Å². The lowest BCUT2D eigenvalue weighted by Gasteiger charge is -2.08. The summed E-state index contributed by atoms with van der Waals surface area (Å²) in [5.74, 6) is -4.31. The number of carbonyl (C=O) groups is 1. The zero-order valence-electron chi connectivity index (χ0n) is 13.1. The molecule has 0 bridgehead atoms. The van der Waals surface area contributed by atoms with E-state index in [1.165, 1.54) is 24.4 Å². The maximum absolute atomic E-state index is 13.6. The third-order valence-electron chi connectivity index (χ3n) is 3.38. The van der Waals surface area contributed by atoms with Crippen LogP contribution in [0.25, 0.3) is 0 Å². The zero-order valence-corrected chi connectivity index (χ0v) is 13.1. The van der Waals surface area contributed by atoms with Gasteiger partial charge in [-0.2, -0.15) is 0 Å². The van der Waals surface area contributed by atoms with Crippen molar-refractivity contribution in [3.05, 3.63) is 83.7 Å². The number of rotatable bonds is 4. The Bertz CT molecular complexity index is 961. The van der Waals surface area contributed by atoms with E-state index >= 15 is 0 Å². The van der Waals surface area contributed by atoms with Gasteiger partial charge in [-0.1, -0.05) is 0 Å². The molecular weight excluding hydrogens is 350 g/mol. The molecule has 1 heterocycles. The molecule has 2 N–H and O–H groups in total. The van der Waals surface area contributed by atoms with Gasteiger partial charge in [-0.25, -0.2) is 22.5 Å². The second kappa shape index (κ2) is 7.22. The number of amides is 1. The first-order valence-corrected chi connectivity index (χ1v) is 7.37. The molecule has 0 atom stereocenters. The van der Waals surface area contributed by atoms with Crippen LogP contribution in [0.1, 0.15) is 10.5 Å². The van der Waals surface area contributed by atoms with Crippen LogP contribution in [0.3, 0.4) is 0 Å². The summed E-state index contributed by atoms with van der Waals surface area (Å²) in [6.07, 6.45) is 1.30. The topological polar surface area (TPSA) is 54.0 Å². The van der Waals surface area contributed by atoms with Gasteiger partial charge in [0.15, 0.2) is 11.6 Å². The van der Waals surface area contributed by atoms with Gasteiger partial charge in [0, 0.05) is 17.8 Å². The Morgan fingerprint density at radius 2 is 1.58 bits per heavy atom. The van der Waals surface area contributed by atoms with Crippen molar-refractivity contribution >= 4 is 23.0 Å². The fraction of sp³-hybridized carbons (Fsp3) is 0. The lowest BCUT2D eigenvalue weighted by molar-refractivity contribution is 0.102. The first-order chi connectivity index (χ1) is 12.4. The van der Waals surface area contributed by atoms with Crippen LogP contribution in [0, 0.1) is 23.3 Å². The minimum Gasteiger partial charge on any atom is -0.354 e. The molecular formula is C18H11F4N3O. The van der Waals surface area contributed by atoms with E-state index in [1.54, 1.807) is 0 Å². The molecule has 0 aliphatic carbocycles. The van der Waals surface area contributed by atoms with Gasteiger partial charge in [0.25, 0.3) is 5.91 Å². The molecule has 0 spiro atoms. The SMILES string of the molecule is O=C(Nc1ccc(F)cc1F)c1ccc(Nc2ccc(F)c(F)c2)cn1. The predicted molar refractivity (Wildman–Crippen MR) is 88.2 cm³/mol. The highest BCUT2D eigenvalue weighted by molar-refractivity contribution is 6.03. The number of carbonyl (C=O) groups excluding carboxylic acids is 1. The first kappa shape index (κ1) is 17.4. The summed E-state index contributed by atoms with van der Waals surface area (Å²) in [7, 11) is 0. The second-order valence-corrected chi connectivity index (χ2v) is 5.26. The molecule has 0 saturated heterocycles. The van der Waals surface area contributed by atoms with E-state index in [-0.39, 0.29) is 11.4 Å². The van der Waals surface area contributed by atoms with Crippen LogP contribution in [0.15, 0.2) is 54.7 Å². The molecule has 26 heavy (non-hydrogen) atoms. The summed E-state index contributed by atoms with van der Waals surface area (Å²) in [4.78, 5) is 16.0. The number of hydrogen-bond donors (Lipinski definition) is 2. The highest BCUT2D eigenvalue weighted by atomic mass is 19.2. The van der Waals surface area contributed by atoms with Crippen molar-refractivity contribution in [3.8, 4) is 0 Å². The fourth-order valence-corrected chi connectivity index (χ4v) is 2.12. The fourth-order valence-electron chi connectivity index (χ4n) is 2.12. The molecule has 132 valence electrons. The van der Waals surface area contributed by atoms with Crippen molar-refractivity contribution in [3.63, 3.8) is 0 Å². The molecule has 1 amide bonds. The smallest absolute Gasteiger partial charge is 0.274 e. The number of nitrogens with one attached hydrogen (secondary N) is 2. The molecule has 2 aromatic carbocycles. The number of pyridine rings is 1. The first-order valence-electron chi connectivity index (χ1n) is 7.37. The van der Waals surface area contributed by atoms with E-state index < -0.39 is 29.2 Å². The molecule has 1 aromatic heterocycles. The molecule has 0 fully saturated rings. The summed E-state index contributed by atoms with van der Waals surface area (Å²) in [5, 5.41) is 5.08. The molecule has 0 aliphatic rings. The Morgan fingerprint density at radius 1 is 0.808 bits per heavy atom. The van der Waals surface area contributed by atoms with Crippen LogP contribution in [-0.4, -0.2) is 10.9 Å². The van der Waals surface area contributed by atoms with E-state index in [9.17, 15) is 22.4 Å². The predicted octanol–water partition coefficient (Wildman–Crippen LogP) is 4.63. The van der Waals surface area contributed by atoms with E-state index in [0.29, 0.717) is 17.4 Å². The number of halogens is 4. The third kappa shape index (κ3) is 3.97. The second-order valence-electron chi connectivity index (χ2n) is 5.26. The Hall–Kier alpha value is -3.42. The van der Waals surface area contributed by atoms with Crippen LogP contribution in [0.2, 0.25) is 0 Å². The van der Waals surface area contributed by atoms with Gasteiger partial charge >= 0.3 is 0 Å². The lowest BCUT2D eigenvalue weighted by Crippen LogP contribution is -2.14. The maximum atomic E-state index is 13.6. The lowest BCUT2D eigenvalue weighted by atomic mass is 10.2. The van der Waals surface area contributed by atoms with Gasteiger partial charge in [0.1, 0.15) is 17.3 Å². The largest absolute Gasteiger partial charge is 0.354 e. The van der Waals surface area contributed by atoms with Crippen LogP contribution in [-0.2, 0) is 0 Å². The number of anilines is 3. The van der Waals surface area contributed by atoms with Crippen LogP contribution >= 0.6 is 0 Å². The van der Waals surface area contributed by atoms with Gasteiger partial charge < -0.3 is 10.6 Å². The Labute approximate surface area is 145 Å². The summed E-state index contributed by atoms with van der Waals surface area (Å²) >= 11 is 0. The van der Waals surface area contributed by atoms with E-state index in [1.807, 2.05) is 0 Å². The Morgan fingerprint density at radius 3 is 2.23 bits per heavy atom. The van der Waals surface area contributed by atoms with Gasteiger partial charge in [-0.05, 0) is 36.4 Å². The summed E-state index contributed by atoms with van der Waals surface area (Å²) in [5.41, 5.74) is 0.545.